The standard InChI is InChI=1S/C18H25N3O2/c1-2-23-17(22)12-7-18(8-12)9-14-4-5-15(10-18)21(14)16-6-3-13(19)11-20-16/h3,6,11-12,14-15H,2,4-5,7-10,19H2,1H3. The van der Waals surface area contributed by atoms with Gasteiger partial charge in [0.1, 0.15) is 5.82 Å². The molecule has 1 aromatic rings. The average molecular weight is 315 g/mol. The number of nitrogens with zero attached hydrogens (tertiary/aromatic N) is 2. The fourth-order valence-electron chi connectivity index (χ4n) is 5.11. The molecule has 2 N–H and O–H groups in total. The summed E-state index contributed by atoms with van der Waals surface area (Å²) in [5.41, 5.74) is 6.84. The summed E-state index contributed by atoms with van der Waals surface area (Å²) in [5, 5.41) is 0. The lowest BCUT2D eigenvalue weighted by Gasteiger charge is -2.54. The molecule has 1 saturated carbocycles. The molecule has 0 amide bonds. The number of carbonyl (C=O) groups excluding carboxylic acids is 1. The number of aromatic nitrogens is 1. The Kier molecular flexibility index (Phi) is 3.47. The molecule has 2 atom stereocenters. The number of hydrogen-bond acceptors (Lipinski definition) is 5. The second kappa shape index (κ2) is 5.39. The minimum Gasteiger partial charge on any atom is -0.466 e. The van der Waals surface area contributed by atoms with E-state index in [2.05, 4.69) is 9.88 Å². The normalized spacial score (nSPS) is 35.2. The minimum atomic E-state index is 0.00750. The summed E-state index contributed by atoms with van der Waals surface area (Å²) >= 11 is 0. The number of rotatable bonds is 3. The van der Waals surface area contributed by atoms with Crippen molar-refractivity contribution in [3.05, 3.63) is 18.3 Å². The van der Waals surface area contributed by atoms with Gasteiger partial charge in [0.25, 0.3) is 0 Å². The quantitative estimate of drug-likeness (QED) is 0.869. The van der Waals surface area contributed by atoms with E-state index in [1.54, 1.807) is 6.20 Å². The summed E-state index contributed by atoms with van der Waals surface area (Å²) in [6.07, 6.45) is 8.63. The first-order valence-corrected chi connectivity index (χ1v) is 8.77. The van der Waals surface area contributed by atoms with Crippen molar-refractivity contribution < 1.29 is 9.53 Å². The SMILES string of the molecule is CCOC(=O)C1CC2(C1)CC1CCC(C2)N1c1ccc(N)cn1. The third-order valence-electron chi connectivity index (χ3n) is 5.97. The van der Waals surface area contributed by atoms with Gasteiger partial charge in [-0.25, -0.2) is 4.98 Å². The molecule has 1 aromatic heterocycles. The second-order valence-electron chi connectivity index (χ2n) is 7.51. The molecule has 5 heteroatoms. The predicted octanol–water partition coefficient (Wildman–Crippen LogP) is 2.75. The largest absolute Gasteiger partial charge is 0.466 e. The summed E-state index contributed by atoms with van der Waals surface area (Å²) in [5.74, 6) is 1.20. The van der Waals surface area contributed by atoms with Gasteiger partial charge in [-0.05, 0) is 63.0 Å². The Morgan fingerprint density at radius 2 is 2.00 bits per heavy atom. The zero-order valence-electron chi connectivity index (χ0n) is 13.7. The smallest absolute Gasteiger partial charge is 0.308 e. The van der Waals surface area contributed by atoms with Crippen LogP contribution < -0.4 is 10.6 Å². The van der Waals surface area contributed by atoms with E-state index in [1.807, 2.05) is 19.1 Å². The number of piperidine rings is 1. The molecule has 0 aromatic carbocycles. The number of ether oxygens (including phenoxy) is 1. The van der Waals surface area contributed by atoms with Gasteiger partial charge in [0.05, 0.1) is 24.4 Å². The highest BCUT2D eigenvalue weighted by atomic mass is 16.5. The second-order valence-corrected chi connectivity index (χ2v) is 7.51. The molecule has 5 nitrogen and oxygen atoms in total. The zero-order valence-corrected chi connectivity index (χ0v) is 13.7. The van der Waals surface area contributed by atoms with Crippen LogP contribution in [0.3, 0.4) is 0 Å². The van der Waals surface area contributed by atoms with Gasteiger partial charge in [0, 0.05) is 12.1 Å². The molecule has 1 aliphatic carbocycles. The molecule has 3 aliphatic rings. The third-order valence-corrected chi connectivity index (χ3v) is 5.97. The number of nitrogen functional groups attached to an aromatic ring is 1. The van der Waals surface area contributed by atoms with Gasteiger partial charge in [0.15, 0.2) is 0 Å². The molecular weight excluding hydrogens is 290 g/mol. The van der Waals surface area contributed by atoms with Gasteiger partial charge in [-0.1, -0.05) is 0 Å². The molecule has 2 aliphatic heterocycles. The average Bonchev–Trinajstić information content (AvgIpc) is 2.77. The lowest BCUT2D eigenvalue weighted by Crippen LogP contribution is -2.54. The highest BCUT2D eigenvalue weighted by Gasteiger charge is 2.56. The first-order valence-electron chi connectivity index (χ1n) is 8.77. The Morgan fingerprint density at radius 1 is 1.30 bits per heavy atom. The van der Waals surface area contributed by atoms with E-state index in [0.717, 1.165) is 18.7 Å². The first-order chi connectivity index (χ1) is 11.1. The van der Waals surface area contributed by atoms with Crippen molar-refractivity contribution in [3.63, 3.8) is 0 Å². The van der Waals surface area contributed by atoms with Crippen LogP contribution >= 0.6 is 0 Å². The molecule has 0 radical (unpaired) electrons. The predicted molar refractivity (Wildman–Crippen MR) is 89.0 cm³/mol. The topological polar surface area (TPSA) is 68.5 Å². The van der Waals surface area contributed by atoms with Gasteiger partial charge in [-0.15, -0.1) is 0 Å². The maximum atomic E-state index is 11.9. The number of hydrogen-bond donors (Lipinski definition) is 1. The summed E-state index contributed by atoms with van der Waals surface area (Å²) in [7, 11) is 0. The van der Waals surface area contributed by atoms with Crippen LogP contribution in [0.2, 0.25) is 0 Å². The summed E-state index contributed by atoms with van der Waals surface area (Å²) in [4.78, 5) is 18.9. The number of anilines is 2. The highest BCUT2D eigenvalue weighted by molar-refractivity contribution is 5.73. The molecule has 3 fully saturated rings. The summed E-state index contributed by atoms with van der Waals surface area (Å²) in [6, 6.07) is 5.11. The van der Waals surface area contributed by atoms with E-state index < -0.39 is 0 Å². The number of nitrogens with two attached hydrogens (primary N) is 1. The number of carbonyl (C=O) groups is 1. The molecule has 3 heterocycles. The van der Waals surface area contributed by atoms with Crippen molar-refractivity contribution in [3.8, 4) is 0 Å². The van der Waals surface area contributed by atoms with E-state index in [-0.39, 0.29) is 11.9 Å². The Hall–Kier alpha value is -1.78. The van der Waals surface area contributed by atoms with Crippen LogP contribution in [0.25, 0.3) is 0 Å². The lowest BCUT2D eigenvalue weighted by molar-refractivity contribution is -0.158. The molecule has 4 rings (SSSR count). The molecule has 2 unspecified atom stereocenters. The number of fused-ring (bicyclic) bond motifs is 2. The van der Waals surface area contributed by atoms with E-state index in [4.69, 9.17) is 10.5 Å². The van der Waals surface area contributed by atoms with Crippen LogP contribution in [0.1, 0.15) is 45.4 Å². The van der Waals surface area contributed by atoms with Gasteiger partial charge in [-0.3, -0.25) is 4.79 Å². The van der Waals surface area contributed by atoms with Crippen molar-refractivity contribution >= 4 is 17.5 Å². The van der Waals surface area contributed by atoms with Crippen molar-refractivity contribution in [2.24, 2.45) is 11.3 Å². The van der Waals surface area contributed by atoms with Gasteiger partial charge in [0.2, 0.25) is 0 Å². The number of esters is 1. The van der Waals surface area contributed by atoms with Crippen LogP contribution in [0.5, 0.6) is 0 Å². The Morgan fingerprint density at radius 3 is 2.57 bits per heavy atom. The Labute approximate surface area is 137 Å². The third kappa shape index (κ3) is 2.46. The van der Waals surface area contributed by atoms with Crippen molar-refractivity contribution in [2.45, 2.75) is 57.5 Å². The summed E-state index contributed by atoms with van der Waals surface area (Å²) < 4.78 is 5.18. The van der Waals surface area contributed by atoms with Crippen molar-refractivity contribution in [1.29, 1.82) is 0 Å². The Bertz CT molecular complexity index is 579. The minimum absolute atomic E-state index is 0.00750. The van der Waals surface area contributed by atoms with Gasteiger partial charge in [-0.2, -0.15) is 0 Å². The van der Waals surface area contributed by atoms with Crippen LogP contribution in [-0.2, 0) is 9.53 Å². The van der Waals surface area contributed by atoms with Crippen LogP contribution in [0.15, 0.2) is 18.3 Å². The Balaban J connectivity index is 1.45. The van der Waals surface area contributed by atoms with Gasteiger partial charge >= 0.3 is 5.97 Å². The molecule has 2 saturated heterocycles. The van der Waals surface area contributed by atoms with Gasteiger partial charge < -0.3 is 15.4 Å². The molecule has 23 heavy (non-hydrogen) atoms. The fourth-order valence-corrected chi connectivity index (χ4v) is 5.11. The lowest BCUT2D eigenvalue weighted by atomic mass is 9.56. The molecular formula is C18H25N3O2. The van der Waals surface area contributed by atoms with E-state index in [9.17, 15) is 4.79 Å². The van der Waals surface area contributed by atoms with E-state index in [0.29, 0.717) is 29.8 Å². The van der Waals surface area contributed by atoms with Crippen LogP contribution in [-0.4, -0.2) is 29.6 Å². The highest BCUT2D eigenvalue weighted by Crippen LogP contribution is 2.59. The van der Waals surface area contributed by atoms with E-state index >= 15 is 0 Å². The maximum absolute atomic E-state index is 11.9. The monoisotopic (exact) mass is 315 g/mol. The zero-order chi connectivity index (χ0) is 16.0. The maximum Gasteiger partial charge on any atom is 0.308 e. The fraction of sp³-hybridized carbons (Fsp3) is 0.667. The molecule has 124 valence electrons. The van der Waals surface area contributed by atoms with Crippen LogP contribution in [0.4, 0.5) is 11.5 Å². The molecule has 2 bridgehead atoms. The summed E-state index contributed by atoms with van der Waals surface area (Å²) in [6.45, 7) is 2.37. The van der Waals surface area contributed by atoms with Crippen LogP contribution in [0, 0.1) is 11.3 Å². The van der Waals surface area contributed by atoms with Crippen molar-refractivity contribution in [2.75, 3.05) is 17.2 Å². The van der Waals surface area contributed by atoms with Crippen molar-refractivity contribution in [1.82, 2.24) is 4.98 Å². The first kappa shape index (κ1) is 14.8. The van der Waals surface area contributed by atoms with E-state index in [1.165, 1.54) is 25.7 Å². The number of pyridine rings is 1. The molecule has 1 spiro atoms.